The molecule has 0 aliphatic carbocycles. The van der Waals surface area contributed by atoms with Crippen LogP contribution in [0.15, 0.2) is 47.4 Å². The Balaban J connectivity index is 1.87. The minimum atomic E-state index is -0.463. The van der Waals surface area contributed by atoms with Crippen LogP contribution in [-0.2, 0) is 11.3 Å². The molecule has 0 bridgehead atoms. The molecule has 0 fully saturated rings. The summed E-state index contributed by atoms with van der Waals surface area (Å²) >= 11 is 0. The van der Waals surface area contributed by atoms with Crippen LogP contribution in [0.3, 0.4) is 0 Å². The number of ether oxygens (including phenoxy) is 2. The van der Waals surface area contributed by atoms with Gasteiger partial charge in [0.1, 0.15) is 6.54 Å². The Morgan fingerprint density at radius 3 is 2.39 bits per heavy atom. The molecule has 3 rings (SSSR count). The lowest BCUT2D eigenvalue weighted by atomic mass is 10.1. The SMILES string of the molecule is COc1ccc2cnn(CC(=O)Nc3ccc(C(C)=O)cc3)c(=O)c2c1OC. The number of aromatic nitrogens is 2. The second-order valence-electron chi connectivity index (χ2n) is 6.05. The second kappa shape index (κ2) is 7.91. The van der Waals surface area contributed by atoms with Crippen LogP contribution in [0.25, 0.3) is 10.8 Å². The summed E-state index contributed by atoms with van der Waals surface area (Å²) in [6.07, 6.45) is 1.49. The molecule has 1 aromatic heterocycles. The summed E-state index contributed by atoms with van der Waals surface area (Å²) < 4.78 is 11.6. The smallest absolute Gasteiger partial charge is 0.279 e. The number of benzene rings is 2. The van der Waals surface area contributed by atoms with Crippen LogP contribution in [0.2, 0.25) is 0 Å². The Bertz CT molecular complexity index is 1100. The fraction of sp³-hybridized carbons (Fsp3) is 0.200. The first-order chi connectivity index (χ1) is 13.4. The van der Waals surface area contributed by atoms with Crippen molar-refractivity contribution in [3.8, 4) is 11.5 Å². The van der Waals surface area contributed by atoms with E-state index in [2.05, 4.69) is 10.4 Å². The first-order valence-electron chi connectivity index (χ1n) is 8.46. The maximum absolute atomic E-state index is 12.8. The van der Waals surface area contributed by atoms with E-state index < -0.39 is 11.5 Å². The number of rotatable bonds is 6. The van der Waals surface area contributed by atoms with E-state index in [1.165, 1.54) is 27.3 Å². The number of fused-ring (bicyclic) bond motifs is 1. The summed E-state index contributed by atoms with van der Waals surface area (Å²) in [5.41, 5.74) is 0.602. The van der Waals surface area contributed by atoms with Gasteiger partial charge < -0.3 is 14.8 Å². The fourth-order valence-electron chi connectivity index (χ4n) is 2.82. The van der Waals surface area contributed by atoms with Crippen molar-refractivity contribution < 1.29 is 19.1 Å². The highest BCUT2D eigenvalue weighted by molar-refractivity contribution is 5.95. The van der Waals surface area contributed by atoms with Crippen molar-refractivity contribution in [2.24, 2.45) is 0 Å². The topological polar surface area (TPSA) is 99.5 Å². The third kappa shape index (κ3) is 3.71. The average molecular weight is 381 g/mol. The minimum absolute atomic E-state index is 0.0610. The van der Waals surface area contributed by atoms with Crippen molar-refractivity contribution in [1.82, 2.24) is 9.78 Å². The third-order valence-corrected chi connectivity index (χ3v) is 4.23. The van der Waals surface area contributed by atoms with Crippen LogP contribution >= 0.6 is 0 Å². The third-order valence-electron chi connectivity index (χ3n) is 4.23. The molecule has 28 heavy (non-hydrogen) atoms. The molecule has 2 aromatic carbocycles. The number of Topliss-reactive ketones (excluding diaryl/α,β-unsaturated/α-hetero) is 1. The highest BCUT2D eigenvalue weighted by Crippen LogP contribution is 2.32. The summed E-state index contributed by atoms with van der Waals surface area (Å²) in [7, 11) is 2.92. The second-order valence-corrected chi connectivity index (χ2v) is 6.05. The van der Waals surface area contributed by atoms with Gasteiger partial charge >= 0.3 is 0 Å². The Hall–Kier alpha value is -3.68. The molecule has 0 aliphatic rings. The van der Waals surface area contributed by atoms with Crippen LogP contribution < -0.4 is 20.3 Å². The maximum Gasteiger partial charge on any atom is 0.279 e. The van der Waals surface area contributed by atoms with Gasteiger partial charge in [-0.2, -0.15) is 5.10 Å². The molecule has 0 saturated carbocycles. The van der Waals surface area contributed by atoms with Gasteiger partial charge in [0.25, 0.3) is 5.56 Å². The van der Waals surface area contributed by atoms with Gasteiger partial charge in [-0.05, 0) is 43.3 Å². The minimum Gasteiger partial charge on any atom is -0.493 e. The number of hydrogen-bond acceptors (Lipinski definition) is 6. The van der Waals surface area contributed by atoms with E-state index in [9.17, 15) is 14.4 Å². The summed E-state index contributed by atoms with van der Waals surface area (Å²) in [5, 5.41) is 7.61. The zero-order valence-corrected chi connectivity index (χ0v) is 15.7. The quantitative estimate of drug-likeness (QED) is 0.658. The van der Waals surface area contributed by atoms with Crippen molar-refractivity contribution in [3.63, 3.8) is 0 Å². The van der Waals surface area contributed by atoms with Gasteiger partial charge in [0.05, 0.1) is 25.8 Å². The maximum atomic E-state index is 12.8. The first kappa shape index (κ1) is 19.1. The van der Waals surface area contributed by atoms with E-state index in [-0.39, 0.29) is 17.7 Å². The molecule has 8 nitrogen and oxygen atoms in total. The first-order valence-corrected chi connectivity index (χ1v) is 8.46. The predicted molar refractivity (Wildman–Crippen MR) is 104 cm³/mol. The highest BCUT2D eigenvalue weighted by Gasteiger charge is 2.16. The molecule has 0 spiro atoms. The molecule has 144 valence electrons. The van der Waals surface area contributed by atoms with E-state index in [1.807, 2.05) is 0 Å². The van der Waals surface area contributed by atoms with Gasteiger partial charge in [-0.1, -0.05) is 0 Å². The summed E-state index contributed by atoms with van der Waals surface area (Å²) in [5.74, 6) is 0.224. The number of nitrogens with one attached hydrogen (secondary N) is 1. The number of ketones is 1. The van der Waals surface area contributed by atoms with Crippen LogP contribution in [0.5, 0.6) is 11.5 Å². The summed E-state index contributed by atoms with van der Waals surface area (Å²) in [6, 6.07) is 9.87. The molecule has 8 heteroatoms. The molecular formula is C20H19N3O5. The standard InChI is InChI=1S/C20H19N3O5/c1-12(24)13-4-7-15(8-5-13)22-17(25)11-23-20(26)18-14(10-21-23)6-9-16(27-2)19(18)28-3/h4-10H,11H2,1-3H3,(H,22,25). The zero-order valence-electron chi connectivity index (χ0n) is 15.7. The van der Waals surface area contributed by atoms with Gasteiger partial charge in [0, 0.05) is 16.6 Å². The van der Waals surface area contributed by atoms with Crippen LogP contribution in [-0.4, -0.2) is 35.7 Å². The number of hydrogen-bond donors (Lipinski definition) is 1. The molecule has 1 N–H and O–H groups in total. The highest BCUT2D eigenvalue weighted by atomic mass is 16.5. The Morgan fingerprint density at radius 1 is 1.07 bits per heavy atom. The van der Waals surface area contributed by atoms with Crippen LogP contribution in [0.1, 0.15) is 17.3 Å². The Labute approximate surface area is 160 Å². The number of carbonyl (C=O) groups is 2. The number of amides is 1. The van der Waals surface area contributed by atoms with Gasteiger partial charge in [-0.15, -0.1) is 0 Å². The lowest BCUT2D eigenvalue weighted by molar-refractivity contribution is -0.117. The molecule has 1 amide bonds. The number of nitrogens with zero attached hydrogens (tertiary/aromatic N) is 2. The van der Waals surface area contributed by atoms with Gasteiger partial charge in [0.15, 0.2) is 17.3 Å². The van der Waals surface area contributed by atoms with Crippen molar-refractivity contribution >= 4 is 28.2 Å². The van der Waals surface area contributed by atoms with Crippen molar-refractivity contribution in [1.29, 1.82) is 0 Å². The van der Waals surface area contributed by atoms with Gasteiger partial charge in [0.2, 0.25) is 5.91 Å². The molecule has 0 aliphatic heterocycles. The summed E-state index contributed by atoms with van der Waals surface area (Å²) in [6.45, 7) is 1.19. The normalized spacial score (nSPS) is 10.5. The van der Waals surface area contributed by atoms with Crippen molar-refractivity contribution in [2.75, 3.05) is 19.5 Å². The molecule has 0 radical (unpaired) electrons. The molecule has 0 atom stereocenters. The largest absolute Gasteiger partial charge is 0.493 e. The molecule has 1 heterocycles. The number of methoxy groups -OCH3 is 2. The summed E-state index contributed by atoms with van der Waals surface area (Å²) in [4.78, 5) is 36.5. The van der Waals surface area contributed by atoms with E-state index in [4.69, 9.17) is 9.47 Å². The lowest BCUT2D eigenvalue weighted by Gasteiger charge is -2.12. The molecule has 0 unspecified atom stereocenters. The predicted octanol–water partition coefficient (Wildman–Crippen LogP) is 2.25. The zero-order chi connectivity index (χ0) is 20.3. The Kier molecular flexibility index (Phi) is 5.39. The van der Waals surface area contributed by atoms with E-state index in [0.717, 1.165) is 4.68 Å². The molecule has 3 aromatic rings. The van der Waals surface area contributed by atoms with Crippen LogP contribution in [0, 0.1) is 0 Å². The van der Waals surface area contributed by atoms with Gasteiger partial charge in [-0.25, -0.2) is 4.68 Å². The lowest BCUT2D eigenvalue weighted by Crippen LogP contribution is -2.29. The number of carbonyl (C=O) groups excluding carboxylic acids is 2. The van der Waals surface area contributed by atoms with Crippen LogP contribution in [0.4, 0.5) is 5.69 Å². The molecular weight excluding hydrogens is 362 g/mol. The average Bonchev–Trinajstić information content (AvgIpc) is 2.69. The molecule has 0 saturated heterocycles. The van der Waals surface area contributed by atoms with Crippen molar-refractivity contribution in [2.45, 2.75) is 13.5 Å². The van der Waals surface area contributed by atoms with E-state index in [0.29, 0.717) is 28.1 Å². The number of anilines is 1. The fourth-order valence-corrected chi connectivity index (χ4v) is 2.82. The monoisotopic (exact) mass is 381 g/mol. The van der Waals surface area contributed by atoms with E-state index >= 15 is 0 Å². The van der Waals surface area contributed by atoms with E-state index in [1.54, 1.807) is 36.4 Å². The van der Waals surface area contributed by atoms with Gasteiger partial charge in [-0.3, -0.25) is 14.4 Å². The van der Waals surface area contributed by atoms with Crippen molar-refractivity contribution in [3.05, 3.63) is 58.5 Å². The Morgan fingerprint density at radius 2 is 1.79 bits per heavy atom.